The van der Waals surface area contributed by atoms with Gasteiger partial charge in [0.15, 0.2) is 0 Å². The lowest BCUT2D eigenvalue weighted by Gasteiger charge is -2.09. The third-order valence-electron chi connectivity index (χ3n) is 2.87. The smallest absolute Gasteiger partial charge is 0.287 e. The summed E-state index contributed by atoms with van der Waals surface area (Å²) in [5, 5.41) is 0. The summed E-state index contributed by atoms with van der Waals surface area (Å²) in [4.78, 5) is 15.7. The summed E-state index contributed by atoms with van der Waals surface area (Å²) in [6.45, 7) is 9.45. The van der Waals surface area contributed by atoms with Crippen LogP contribution in [0.25, 0.3) is 0 Å². The maximum Gasteiger partial charge on any atom is 0.330 e. The van der Waals surface area contributed by atoms with E-state index in [1.54, 1.807) is 27.2 Å². The van der Waals surface area contributed by atoms with E-state index in [1.807, 2.05) is 13.0 Å². The van der Waals surface area contributed by atoms with Crippen LogP contribution in [0.4, 0.5) is 5.82 Å². The molecule has 0 unspecified atom stereocenters. The molecule has 0 aromatic carbocycles. The molecule has 1 aromatic rings. The Hall–Kier alpha value is -1.49. The molecule has 4 nitrogen and oxygen atoms in total. The van der Waals surface area contributed by atoms with Gasteiger partial charge in [-0.3, -0.25) is 9.13 Å². The number of aromatic nitrogens is 2. The van der Waals surface area contributed by atoms with Crippen LogP contribution in [-0.4, -0.2) is 15.3 Å². The monoisotopic (exact) mass is 295 g/mol. The second-order valence-electron chi connectivity index (χ2n) is 4.47. The first-order chi connectivity index (χ1) is 9.42. The molecule has 0 aliphatic carbocycles. The van der Waals surface area contributed by atoms with E-state index in [1.165, 1.54) is 28.4 Å². The van der Waals surface area contributed by atoms with Gasteiger partial charge in [-0.05, 0) is 20.3 Å². The highest BCUT2D eigenvalue weighted by atomic mass is 32.1. The van der Waals surface area contributed by atoms with Gasteiger partial charge in [0.05, 0.1) is 0 Å². The van der Waals surface area contributed by atoms with E-state index in [4.69, 9.17) is 12.2 Å². The molecule has 0 N–H and O–H groups in total. The third kappa shape index (κ3) is 4.89. The molecule has 5 heteroatoms. The van der Waals surface area contributed by atoms with Crippen LogP contribution in [0, 0.1) is 11.6 Å². The molecule has 1 aromatic heterocycles. The lowest BCUT2D eigenvalue weighted by atomic mass is 10.3. The number of nitrogens with zero attached hydrogens (tertiary/aromatic N) is 3. The molecule has 112 valence electrons. The summed E-state index contributed by atoms with van der Waals surface area (Å²) < 4.78 is 3.47. The van der Waals surface area contributed by atoms with Gasteiger partial charge in [0.25, 0.3) is 0 Å². The first-order valence-corrected chi connectivity index (χ1v) is 7.19. The Morgan fingerprint density at radius 3 is 2.35 bits per heavy atom. The van der Waals surface area contributed by atoms with Crippen molar-refractivity contribution in [2.24, 2.45) is 19.1 Å². The van der Waals surface area contributed by atoms with E-state index >= 15 is 0 Å². The van der Waals surface area contributed by atoms with E-state index < -0.39 is 0 Å². The molecule has 0 saturated carbocycles. The summed E-state index contributed by atoms with van der Waals surface area (Å²) in [5.74, 6) is 0.626. The molecule has 0 spiro atoms. The number of rotatable bonds is 4. The van der Waals surface area contributed by atoms with Crippen LogP contribution in [0.1, 0.15) is 38.7 Å². The number of unbranched alkanes of at least 4 members (excludes halogenated alkanes) is 2. The fourth-order valence-electron chi connectivity index (χ4n) is 1.66. The molecule has 0 amide bonds. The molecular formula is C15H25N3OS. The molecule has 20 heavy (non-hydrogen) atoms. The van der Waals surface area contributed by atoms with E-state index in [9.17, 15) is 4.79 Å². The maximum atomic E-state index is 11.6. The van der Waals surface area contributed by atoms with Crippen LogP contribution >= 0.6 is 12.2 Å². The van der Waals surface area contributed by atoms with Crippen molar-refractivity contribution in [2.45, 2.75) is 40.0 Å². The van der Waals surface area contributed by atoms with Crippen molar-refractivity contribution in [2.75, 3.05) is 0 Å². The minimum Gasteiger partial charge on any atom is -0.287 e. The standard InChI is InChI=1S/C9H13N3OS.C6H12/c1-5-10-7-6(2)8(14)12(4)9(13)11(7)3;1-3-5-6-4-2/h5H,1-4H3;3H,1,4-6H2,2H3/b10-5-;. The number of aliphatic imine (C=N–C) groups is 1. The van der Waals surface area contributed by atoms with Crippen LogP contribution in [-0.2, 0) is 14.1 Å². The van der Waals surface area contributed by atoms with Crippen LogP contribution in [0.15, 0.2) is 22.4 Å². The minimum atomic E-state index is -0.152. The van der Waals surface area contributed by atoms with E-state index in [0.717, 1.165) is 5.56 Å². The van der Waals surface area contributed by atoms with Gasteiger partial charge in [-0.1, -0.05) is 38.1 Å². The van der Waals surface area contributed by atoms with Crippen molar-refractivity contribution in [1.29, 1.82) is 0 Å². The van der Waals surface area contributed by atoms with Crippen LogP contribution in [0.2, 0.25) is 0 Å². The molecule has 1 heterocycles. The van der Waals surface area contributed by atoms with Gasteiger partial charge in [0.2, 0.25) is 0 Å². The van der Waals surface area contributed by atoms with Crippen molar-refractivity contribution in [3.05, 3.63) is 33.3 Å². The van der Waals surface area contributed by atoms with Gasteiger partial charge in [-0.15, -0.1) is 6.58 Å². The summed E-state index contributed by atoms with van der Waals surface area (Å²) in [5.41, 5.74) is 0.698. The quantitative estimate of drug-likeness (QED) is 0.366. The van der Waals surface area contributed by atoms with Crippen molar-refractivity contribution < 1.29 is 0 Å². The Kier molecular flexibility index (Phi) is 8.72. The average molecular weight is 295 g/mol. The van der Waals surface area contributed by atoms with Gasteiger partial charge in [0.1, 0.15) is 10.5 Å². The van der Waals surface area contributed by atoms with Crippen LogP contribution in [0.3, 0.4) is 0 Å². The zero-order valence-electron chi connectivity index (χ0n) is 13.1. The molecule has 0 saturated heterocycles. The van der Waals surface area contributed by atoms with E-state index in [0.29, 0.717) is 10.5 Å². The van der Waals surface area contributed by atoms with Gasteiger partial charge in [-0.25, -0.2) is 9.79 Å². The SMILES string of the molecule is C/C=N\c1c(C)c(=S)n(C)c(=O)n1C.C=CCCCC. The predicted molar refractivity (Wildman–Crippen MR) is 89.8 cm³/mol. The molecule has 0 aliphatic rings. The Balaban J connectivity index is 0.000000511. The van der Waals surface area contributed by atoms with E-state index in [-0.39, 0.29) is 5.69 Å². The van der Waals surface area contributed by atoms with Gasteiger partial charge < -0.3 is 0 Å². The maximum absolute atomic E-state index is 11.6. The Bertz CT molecular complexity index is 545. The van der Waals surface area contributed by atoms with Crippen molar-refractivity contribution in [1.82, 2.24) is 9.13 Å². The highest BCUT2D eigenvalue weighted by molar-refractivity contribution is 7.71. The summed E-state index contributed by atoms with van der Waals surface area (Å²) >= 11 is 5.12. The summed E-state index contributed by atoms with van der Waals surface area (Å²) in [7, 11) is 3.35. The van der Waals surface area contributed by atoms with Gasteiger partial charge in [-0.2, -0.15) is 0 Å². The summed E-state index contributed by atoms with van der Waals surface area (Å²) in [6, 6.07) is 0. The first-order valence-electron chi connectivity index (χ1n) is 6.78. The predicted octanol–water partition coefficient (Wildman–Crippen LogP) is 3.85. The molecule has 0 atom stereocenters. The third-order valence-corrected chi connectivity index (χ3v) is 3.45. The second kappa shape index (κ2) is 9.42. The minimum absolute atomic E-state index is 0.152. The van der Waals surface area contributed by atoms with Crippen molar-refractivity contribution in [3.63, 3.8) is 0 Å². The number of allylic oxidation sites excluding steroid dienone is 1. The summed E-state index contributed by atoms with van der Waals surface area (Å²) in [6.07, 6.45) is 7.37. The largest absolute Gasteiger partial charge is 0.330 e. The van der Waals surface area contributed by atoms with Crippen molar-refractivity contribution >= 4 is 24.3 Å². The molecule has 0 bridgehead atoms. The number of hydrogen-bond donors (Lipinski definition) is 0. The zero-order valence-corrected chi connectivity index (χ0v) is 14.0. The fraction of sp³-hybridized carbons (Fsp3) is 0.533. The highest BCUT2D eigenvalue weighted by Gasteiger charge is 2.07. The highest BCUT2D eigenvalue weighted by Crippen LogP contribution is 2.15. The Morgan fingerprint density at radius 2 is 1.95 bits per heavy atom. The lowest BCUT2D eigenvalue weighted by Crippen LogP contribution is -2.28. The van der Waals surface area contributed by atoms with Crippen LogP contribution < -0.4 is 5.69 Å². The zero-order chi connectivity index (χ0) is 15.7. The first kappa shape index (κ1) is 18.5. The Labute approximate surface area is 126 Å². The molecule has 0 radical (unpaired) electrons. The lowest BCUT2D eigenvalue weighted by molar-refractivity contribution is 0.694. The van der Waals surface area contributed by atoms with E-state index in [2.05, 4.69) is 18.5 Å². The molecular weight excluding hydrogens is 270 g/mol. The molecule has 0 fully saturated rings. The fourth-order valence-corrected chi connectivity index (χ4v) is 1.82. The van der Waals surface area contributed by atoms with Crippen LogP contribution in [0.5, 0.6) is 0 Å². The molecule has 1 rings (SSSR count). The number of hydrogen-bond acceptors (Lipinski definition) is 3. The topological polar surface area (TPSA) is 39.3 Å². The average Bonchev–Trinajstić information content (AvgIpc) is 2.46. The van der Waals surface area contributed by atoms with Gasteiger partial charge in [0, 0.05) is 25.9 Å². The normalized spacial score (nSPS) is 10.2. The molecule has 0 aliphatic heterocycles. The van der Waals surface area contributed by atoms with Gasteiger partial charge >= 0.3 is 5.69 Å². The van der Waals surface area contributed by atoms with Crippen molar-refractivity contribution in [3.8, 4) is 0 Å². The second-order valence-corrected chi connectivity index (χ2v) is 4.86. The Morgan fingerprint density at radius 1 is 1.35 bits per heavy atom.